The third-order valence-corrected chi connectivity index (χ3v) is 6.76. The van der Waals surface area contributed by atoms with Gasteiger partial charge in [-0.1, -0.05) is 36.4 Å². The van der Waals surface area contributed by atoms with Crippen molar-refractivity contribution in [2.24, 2.45) is 0 Å². The fourth-order valence-corrected chi connectivity index (χ4v) is 4.95. The molecule has 3 aliphatic rings. The fourth-order valence-electron chi connectivity index (χ4n) is 4.95. The van der Waals surface area contributed by atoms with Crippen molar-refractivity contribution < 1.29 is 14.4 Å². The number of carbonyl (C=O) groups is 3. The van der Waals surface area contributed by atoms with Crippen molar-refractivity contribution in [2.75, 3.05) is 6.54 Å². The summed E-state index contributed by atoms with van der Waals surface area (Å²) >= 11 is 0. The van der Waals surface area contributed by atoms with Crippen molar-refractivity contribution >= 4 is 17.7 Å². The summed E-state index contributed by atoms with van der Waals surface area (Å²) in [7, 11) is 0. The van der Waals surface area contributed by atoms with Gasteiger partial charge in [-0.25, -0.2) is 0 Å². The van der Waals surface area contributed by atoms with Gasteiger partial charge in [-0.05, 0) is 54.1 Å². The molecule has 2 atom stereocenters. The third kappa shape index (κ3) is 4.18. The van der Waals surface area contributed by atoms with E-state index in [0.717, 1.165) is 37.1 Å². The molecule has 3 heterocycles. The Morgan fingerprint density at radius 2 is 1.88 bits per heavy atom. The molecule has 7 heteroatoms. The number of imide groups is 1. The zero-order valence-corrected chi connectivity index (χ0v) is 18.0. The van der Waals surface area contributed by atoms with Gasteiger partial charge < -0.3 is 15.5 Å². The van der Waals surface area contributed by atoms with E-state index in [0.29, 0.717) is 31.1 Å². The Labute approximate surface area is 187 Å². The van der Waals surface area contributed by atoms with E-state index in [1.807, 2.05) is 18.2 Å². The number of fused-ring (bicyclic) bond motifs is 2. The van der Waals surface area contributed by atoms with Gasteiger partial charge >= 0.3 is 0 Å². The number of hydrogen-bond donors (Lipinski definition) is 3. The molecule has 7 nitrogen and oxygen atoms in total. The Kier molecular flexibility index (Phi) is 5.76. The normalized spacial score (nSPS) is 22.5. The number of rotatable bonds is 6. The van der Waals surface area contributed by atoms with Gasteiger partial charge in [0.2, 0.25) is 11.8 Å². The van der Waals surface area contributed by atoms with Crippen LogP contribution in [0.25, 0.3) is 0 Å². The minimum atomic E-state index is -0.567. The van der Waals surface area contributed by atoms with E-state index in [2.05, 4.69) is 40.2 Å². The Morgan fingerprint density at radius 1 is 1.03 bits per heavy atom. The summed E-state index contributed by atoms with van der Waals surface area (Å²) in [4.78, 5) is 38.1. The number of nitrogens with one attached hydrogen (secondary N) is 3. The van der Waals surface area contributed by atoms with Gasteiger partial charge in [0.05, 0.1) is 0 Å². The molecule has 0 saturated carbocycles. The number of carbonyl (C=O) groups excluding carboxylic acids is 3. The number of piperidine rings is 1. The summed E-state index contributed by atoms with van der Waals surface area (Å²) in [5, 5.41) is 9.46. The minimum absolute atomic E-state index is 0.124. The summed E-state index contributed by atoms with van der Waals surface area (Å²) in [6, 6.07) is 14.5. The molecule has 2 aromatic rings. The van der Waals surface area contributed by atoms with Crippen LogP contribution < -0.4 is 16.0 Å². The number of nitrogens with zero attached hydrogens (tertiary/aromatic N) is 1. The quantitative estimate of drug-likeness (QED) is 0.477. The second-order valence-corrected chi connectivity index (χ2v) is 8.91. The Bertz CT molecular complexity index is 1070. The Balaban J connectivity index is 1.13. The SMILES string of the molecule is O=C1CCC(N2Cc3ccc(CNCCC4Cc5ccccc5CN4)cc3C2=O)C(=O)N1. The van der Waals surface area contributed by atoms with Crippen LogP contribution in [0, 0.1) is 0 Å². The molecule has 0 bridgehead atoms. The molecule has 0 aliphatic carbocycles. The van der Waals surface area contributed by atoms with Gasteiger partial charge in [-0.15, -0.1) is 0 Å². The molecule has 3 N–H and O–H groups in total. The first kappa shape index (κ1) is 20.8. The average Bonchev–Trinajstić information content (AvgIpc) is 3.12. The van der Waals surface area contributed by atoms with Crippen LogP contribution in [0.15, 0.2) is 42.5 Å². The molecule has 2 unspecified atom stereocenters. The van der Waals surface area contributed by atoms with Crippen LogP contribution in [-0.4, -0.2) is 41.2 Å². The molecular formula is C25H28N4O3. The van der Waals surface area contributed by atoms with Crippen LogP contribution in [-0.2, 0) is 35.6 Å². The van der Waals surface area contributed by atoms with Crippen LogP contribution in [0.1, 0.15) is 51.9 Å². The second kappa shape index (κ2) is 8.84. The summed E-state index contributed by atoms with van der Waals surface area (Å²) in [5.41, 5.74) is 5.50. The van der Waals surface area contributed by atoms with Crippen LogP contribution >= 0.6 is 0 Å². The lowest BCUT2D eigenvalue weighted by Crippen LogP contribution is -2.52. The van der Waals surface area contributed by atoms with E-state index in [1.54, 1.807) is 4.90 Å². The van der Waals surface area contributed by atoms with Gasteiger partial charge in [0.25, 0.3) is 5.91 Å². The summed E-state index contributed by atoms with van der Waals surface area (Å²) in [6.45, 7) is 2.94. The molecule has 1 saturated heterocycles. The van der Waals surface area contributed by atoms with Gasteiger partial charge in [-0.2, -0.15) is 0 Å². The van der Waals surface area contributed by atoms with Crippen molar-refractivity contribution in [1.29, 1.82) is 0 Å². The summed E-state index contributed by atoms with van der Waals surface area (Å²) in [6.07, 6.45) is 2.76. The van der Waals surface area contributed by atoms with Crippen molar-refractivity contribution in [3.63, 3.8) is 0 Å². The predicted molar refractivity (Wildman–Crippen MR) is 120 cm³/mol. The van der Waals surface area contributed by atoms with Crippen LogP contribution in [0.5, 0.6) is 0 Å². The van der Waals surface area contributed by atoms with Crippen LogP contribution in [0.3, 0.4) is 0 Å². The van der Waals surface area contributed by atoms with E-state index in [1.165, 1.54) is 11.1 Å². The molecule has 32 heavy (non-hydrogen) atoms. The highest BCUT2D eigenvalue weighted by atomic mass is 16.2. The van der Waals surface area contributed by atoms with Gasteiger partial charge in [0.15, 0.2) is 0 Å². The molecule has 0 spiro atoms. The molecule has 3 aliphatic heterocycles. The number of benzene rings is 2. The van der Waals surface area contributed by atoms with Gasteiger partial charge in [0, 0.05) is 37.7 Å². The van der Waals surface area contributed by atoms with E-state index >= 15 is 0 Å². The highest BCUT2D eigenvalue weighted by Gasteiger charge is 2.39. The summed E-state index contributed by atoms with van der Waals surface area (Å²) < 4.78 is 0. The second-order valence-electron chi connectivity index (χ2n) is 8.91. The first-order chi connectivity index (χ1) is 15.6. The fraction of sp³-hybridized carbons (Fsp3) is 0.400. The average molecular weight is 433 g/mol. The minimum Gasteiger partial charge on any atom is -0.322 e. The third-order valence-electron chi connectivity index (χ3n) is 6.76. The van der Waals surface area contributed by atoms with Gasteiger partial charge in [-0.3, -0.25) is 19.7 Å². The Hall–Kier alpha value is -3.03. The first-order valence-corrected chi connectivity index (χ1v) is 11.4. The summed E-state index contributed by atoms with van der Waals surface area (Å²) in [5.74, 6) is -0.763. The zero-order chi connectivity index (χ0) is 22.1. The van der Waals surface area contributed by atoms with Gasteiger partial charge in [0.1, 0.15) is 6.04 Å². The lowest BCUT2D eigenvalue weighted by molar-refractivity contribution is -0.136. The largest absolute Gasteiger partial charge is 0.322 e. The zero-order valence-electron chi connectivity index (χ0n) is 18.0. The molecule has 2 aromatic carbocycles. The monoisotopic (exact) mass is 432 g/mol. The topological polar surface area (TPSA) is 90.5 Å². The number of hydrogen-bond acceptors (Lipinski definition) is 5. The number of amides is 3. The van der Waals surface area contributed by atoms with E-state index in [9.17, 15) is 14.4 Å². The molecular weight excluding hydrogens is 404 g/mol. The molecule has 166 valence electrons. The highest BCUT2D eigenvalue weighted by molar-refractivity contribution is 6.05. The maximum absolute atomic E-state index is 12.9. The molecule has 0 radical (unpaired) electrons. The maximum atomic E-state index is 12.9. The predicted octanol–water partition coefficient (Wildman–Crippen LogP) is 1.64. The molecule has 0 aromatic heterocycles. The smallest absolute Gasteiger partial charge is 0.255 e. The van der Waals surface area contributed by atoms with Crippen molar-refractivity contribution in [3.05, 3.63) is 70.3 Å². The first-order valence-electron chi connectivity index (χ1n) is 11.4. The lowest BCUT2D eigenvalue weighted by Gasteiger charge is -2.29. The standard InChI is InChI=1S/C25H28N4O3/c30-23-8-7-22(24(31)28-23)29-15-19-6-5-16(11-21(19)25(29)32)13-26-10-9-20-12-17-3-1-2-4-18(17)14-27-20/h1-6,11,20,22,26-27H,7-10,12-15H2,(H,28,30,31). The highest BCUT2D eigenvalue weighted by Crippen LogP contribution is 2.28. The van der Waals surface area contributed by atoms with Crippen LogP contribution in [0.4, 0.5) is 0 Å². The van der Waals surface area contributed by atoms with Crippen LogP contribution in [0.2, 0.25) is 0 Å². The molecule has 1 fully saturated rings. The van der Waals surface area contributed by atoms with Crippen molar-refractivity contribution in [2.45, 2.75) is 57.4 Å². The lowest BCUT2D eigenvalue weighted by atomic mass is 9.94. The van der Waals surface area contributed by atoms with Crippen molar-refractivity contribution in [3.8, 4) is 0 Å². The van der Waals surface area contributed by atoms with E-state index in [4.69, 9.17) is 0 Å². The van der Waals surface area contributed by atoms with E-state index in [-0.39, 0.29) is 24.1 Å². The molecule has 5 rings (SSSR count). The van der Waals surface area contributed by atoms with E-state index < -0.39 is 6.04 Å². The molecule has 3 amide bonds. The maximum Gasteiger partial charge on any atom is 0.255 e. The van der Waals surface area contributed by atoms with Crippen molar-refractivity contribution in [1.82, 2.24) is 20.9 Å². The Morgan fingerprint density at radius 3 is 2.72 bits per heavy atom.